The van der Waals surface area contributed by atoms with Gasteiger partial charge < -0.3 is 9.84 Å². The second-order valence-electron chi connectivity index (χ2n) is 8.50. The van der Waals surface area contributed by atoms with E-state index < -0.39 is 17.7 Å². The summed E-state index contributed by atoms with van der Waals surface area (Å²) in [7, 11) is 0. The van der Waals surface area contributed by atoms with Gasteiger partial charge in [-0.1, -0.05) is 59.4 Å². The molecule has 2 heterocycles. The number of ether oxygens (including phenoxy) is 1. The molecule has 6 nitrogen and oxygen atoms in total. The molecule has 1 unspecified atom stereocenters. The van der Waals surface area contributed by atoms with Crippen molar-refractivity contribution in [1.29, 1.82) is 0 Å². The highest BCUT2D eigenvalue weighted by Crippen LogP contribution is 2.44. The molecule has 1 atom stereocenters. The molecule has 1 aromatic heterocycles. The molecule has 0 saturated carbocycles. The highest BCUT2D eigenvalue weighted by Gasteiger charge is 2.48. The zero-order chi connectivity index (χ0) is 24.7. The quantitative estimate of drug-likeness (QED) is 0.215. The number of fused-ring (bicyclic) bond motifs is 1. The second kappa shape index (κ2) is 9.00. The molecule has 1 saturated heterocycles. The fourth-order valence-electron chi connectivity index (χ4n) is 4.25. The number of thiazole rings is 1. The molecule has 5 rings (SSSR count). The number of aliphatic hydroxyl groups is 1. The molecule has 176 valence electrons. The standard InChI is InChI=1S/C28H24N2O4S/c1-4-34-20-12-10-18(11-13-20)24-23(25(31)19-8-5-16(2)6-9-19)26(32)27(33)30(24)28-29-21-14-7-17(3)15-22(21)35-28/h5-15,24,31H,4H2,1-3H3/b25-23+. The van der Waals surface area contributed by atoms with E-state index in [1.807, 2.05) is 63.2 Å². The molecule has 35 heavy (non-hydrogen) atoms. The van der Waals surface area contributed by atoms with E-state index in [9.17, 15) is 14.7 Å². The summed E-state index contributed by atoms with van der Waals surface area (Å²) in [6, 6.07) is 19.5. The summed E-state index contributed by atoms with van der Waals surface area (Å²) in [5.41, 5.74) is 4.05. The van der Waals surface area contributed by atoms with Crippen molar-refractivity contribution in [2.45, 2.75) is 26.8 Å². The lowest BCUT2D eigenvalue weighted by Crippen LogP contribution is -2.29. The van der Waals surface area contributed by atoms with Crippen LogP contribution in [0.4, 0.5) is 5.13 Å². The predicted octanol–water partition coefficient (Wildman–Crippen LogP) is 5.94. The minimum atomic E-state index is -0.825. The van der Waals surface area contributed by atoms with Crippen LogP contribution in [0.15, 0.2) is 72.3 Å². The summed E-state index contributed by atoms with van der Waals surface area (Å²) in [5.74, 6) is -0.977. The number of ketones is 1. The zero-order valence-electron chi connectivity index (χ0n) is 19.6. The molecule has 1 aliphatic rings. The van der Waals surface area contributed by atoms with Gasteiger partial charge in [0.25, 0.3) is 5.78 Å². The van der Waals surface area contributed by atoms with E-state index in [-0.39, 0.29) is 11.3 Å². The SMILES string of the molecule is CCOc1ccc(C2/C(=C(\O)c3ccc(C)cc3)C(=O)C(=O)N2c2nc3ccc(C)cc3s2)cc1. The first-order valence-corrected chi connectivity index (χ1v) is 12.2. The Morgan fingerprint density at radius 1 is 1.00 bits per heavy atom. The number of Topliss-reactive ketones (excluding diaryl/α,β-unsaturated/α-hetero) is 1. The first-order chi connectivity index (χ1) is 16.9. The van der Waals surface area contributed by atoms with E-state index in [4.69, 9.17) is 4.74 Å². The molecule has 0 spiro atoms. The third kappa shape index (κ3) is 4.08. The summed E-state index contributed by atoms with van der Waals surface area (Å²) < 4.78 is 6.49. The van der Waals surface area contributed by atoms with E-state index in [2.05, 4.69) is 4.98 Å². The van der Waals surface area contributed by atoms with Crippen molar-refractivity contribution in [2.24, 2.45) is 0 Å². The molecule has 3 aromatic carbocycles. The van der Waals surface area contributed by atoms with E-state index in [1.54, 1.807) is 24.3 Å². The number of hydrogen-bond acceptors (Lipinski definition) is 6. The number of aryl methyl sites for hydroxylation is 2. The van der Waals surface area contributed by atoms with Gasteiger partial charge in [-0.25, -0.2) is 4.98 Å². The van der Waals surface area contributed by atoms with Crippen LogP contribution in [0, 0.1) is 13.8 Å². The van der Waals surface area contributed by atoms with Gasteiger partial charge in [-0.2, -0.15) is 0 Å². The van der Waals surface area contributed by atoms with Gasteiger partial charge in [-0.15, -0.1) is 0 Å². The third-order valence-electron chi connectivity index (χ3n) is 6.02. The minimum Gasteiger partial charge on any atom is -0.507 e. The van der Waals surface area contributed by atoms with Gasteiger partial charge in [-0.3, -0.25) is 14.5 Å². The second-order valence-corrected chi connectivity index (χ2v) is 9.51. The zero-order valence-corrected chi connectivity index (χ0v) is 20.4. The van der Waals surface area contributed by atoms with Gasteiger partial charge in [0.2, 0.25) is 0 Å². The maximum atomic E-state index is 13.4. The predicted molar refractivity (Wildman–Crippen MR) is 138 cm³/mol. The van der Waals surface area contributed by atoms with Crippen LogP contribution in [0.25, 0.3) is 16.0 Å². The Kier molecular flexibility index (Phi) is 5.86. The van der Waals surface area contributed by atoms with Crippen LogP contribution in [-0.4, -0.2) is 28.4 Å². The molecular weight excluding hydrogens is 460 g/mol. The van der Waals surface area contributed by atoms with Gasteiger partial charge in [-0.05, 0) is 56.2 Å². The van der Waals surface area contributed by atoms with Gasteiger partial charge in [0.1, 0.15) is 11.5 Å². The highest BCUT2D eigenvalue weighted by molar-refractivity contribution is 7.22. The van der Waals surface area contributed by atoms with Crippen LogP contribution in [0.5, 0.6) is 5.75 Å². The molecule has 0 radical (unpaired) electrons. The first-order valence-electron chi connectivity index (χ1n) is 11.4. The number of hydrogen-bond donors (Lipinski definition) is 1. The fourth-order valence-corrected chi connectivity index (χ4v) is 5.34. The van der Waals surface area contributed by atoms with Crippen molar-refractivity contribution in [3.05, 3.63) is 94.6 Å². The number of aromatic nitrogens is 1. The van der Waals surface area contributed by atoms with Crippen LogP contribution in [0.3, 0.4) is 0 Å². The van der Waals surface area contributed by atoms with E-state index >= 15 is 0 Å². The Balaban J connectivity index is 1.70. The summed E-state index contributed by atoms with van der Waals surface area (Å²) in [5, 5.41) is 11.7. The largest absolute Gasteiger partial charge is 0.507 e. The average molecular weight is 485 g/mol. The molecule has 7 heteroatoms. The molecule has 0 bridgehead atoms. The van der Waals surface area contributed by atoms with Crippen molar-refractivity contribution < 1.29 is 19.4 Å². The van der Waals surface area contributed by atoms with E-state index in [0.717, 1.165) is 21.3 Å². The van der Waals surface area contributed by atoms with Gasteiger partial charge >= 0.3 is 5.91 Å². The minimum absolute atomic E-state index is 0.0402. The maximum Gasteiger partial charge on any atom is 0.301 e. The van der Waals surface area contributed by atoms with Crippen molar-refractivity contribution in [3.63, 3.8) is 0 Å². The molecule has 4 aromatic rings. The first kappa shape index (κ1) is 22.8. The number of anilines is 1. The lowest BCUT2D eigenvalue weighted by Gasteiger charge is -2.23. The van der Waals surface area contributed by atoms with Crippen molar-refractivity contribution in [1.82, 2.24) is 4.98 Å². The summed E-state index contributed by atoms with van der Waals surface area (Å²) in [6.07, 6.45) is 0. The van der Waals surface area contributed by atoms with Crippen molar-refractivity contribution >= 4 is 44.1 Å². The number of nitrogens with zero attached hydrogens (tertiary/aromatic N) is 2. The van der Waals surface area contributed by atoms with E-state index in [1.165, 1.54) is 16.2 Å². The summed E-state index contributed by atoms with van der Waals surface area (Å²) >= 11 is 1.35. The van der Waals surface area contributed by atoms with Crippen LogP contribution < -0.4 is 9.64 Å². The van der Waals surface area contributed by atoms with Crippen LogP contribution >= 0.6 is 11.3 Å². The maximum absolute atomic E-state index is 13.4. The number of benzene rings is 3. The normalized spacial score (nSPS) is 17.3. The average Bonchev–Trinajstić information content (AvgIpc) is 3.37. The van der Waals surface area contributed by atoms with Crippen molar-refractivity contribution in [3.8, 4) is 5.75 Å². The van der Waals surface area contributed by atoms with Gasteiger partial charge in [0.15, 0.2) is 5.13 Å². The summed E-state index contributed by atoms with van der Waals surface area (Å²) in [6.45, 7) is 6.36. The number of amides is 1. The van der Waals surface area contributed by atoms with Gasteiger partial charge in [0.05, 0.1) is 28.4 Å². The lowest BCUT2D eigenvalue weighted by molar-refractivity contribution is -0.132. The molecule has 1 fully saturated rings. The monoisotopic (exact) mass is 484 g/mol. The smallest absolute Gasteiger partial charge is 0.301 e. The van der Waals surface area contributed by atoms with Crippen LogP contribution in [-0.2, 0) is 9.59 Å². The van der Waals surface area contributed by atoms with Crippen LogP contribution in [0.2, 0.25) is 0 Å². The van der Waals surface area contributed by atoms with Crippen molar-refractivity contribution in [2.75, 3.05) is 11.5 Å². The molecule has 1 amide bonds. The molecular formula is C28H24N2O4S. The Morgan fingerprint density at radius 3 is 2.37 bits per heavy atom. The Morgan fingerprint density at radius 2 is 1.69 bits per heavy atom. The van der Waals surface area contributed by atoms with E-state index in [0.29, 0.717) is 28.6 Å². The Hall–Kier alpha value is -3.97. The summed E-state index contributed by atoms with van der Waals surface area (Å²) in [4.78, 5) is 32.8. The number of aliphatic hydroxyl groups excluding tert-OH is 1. The lowest BCUT2D eigenvalue weighted by atomic mass is 9.95. The number of carbonyl (C=O) groups excluding carboxylic acids is 2. The Labute approximate surface area is 207 Å². The Bertz CT molecular complexity index is 1470. The third-order valence-corrected chi connectivity index (χ3v) is 7.03. The molecule has 1 N–H and O–H groups in total. The number of rotatable bonds is 5. The molecule has 0 aliphatic carbocycles. The van der Waals surface area contributed by atoms with Crippen LogP contribution in [0.1, 0.15) is 35.2 Å². The molecule has 1 aliphatic heterocycles. The number of carbonyl (C=O) groups is 2. The fraction of sp³-hybridized carbons (Fsp3) is 0.179. The topological polar surface area (TPSA) is 79.7 Å². The van der Waals surface area contributed by atoms with Gasteiger partial charge in [0, 0.05) is 5.56 Å². The highest BCUT2D eigenvalue weighted by atomic mass is 32.1.